The molecule has 0 radical (unpaired) electrons. The Bertz CT molecular complexity index is 523. The van der Waals surface area contributed by atoms with Crippen LogP contribution in [0.3, 0.4) is 0 Å². The monoisotopic (exact) mass is 280 g/mol. The summed E-state index contributed by atoms with van der Waals surface area (Å²) >= 11 is 0. The van der Waals surface area contributed by atoms with Gasteiger partial charge in [-0.05, 0) is 31.0 Å². The van der Waals surface area contributed by atoms with Crippen LogP contribution in [0.4, 0.5) is 10.5 Å². The topological polar surface area (TPSA) is 110 Å². The molecule has 0 aliphatic carbocycles. The largest absolute Gasteiger partial charge is 0.508 e. The van der Waals surface area contributed by atoms with E-state index < -0.39 is 12.0 Å². The molecule has 1 heterocycles. The summed E-state index contributed by atoms with van der Waals surface area (Å²) in [6, 6.07) is 3.32. The highest BCUT2D eigenvalue weighted by molar-refractivity contribution is 6.00. The quantitative estimate of drug-likeness (QED) is 0.606. The molecule has 0 aromatic heterocycles. The van der Waals surface area contributed by atoms with Gasteiger partial charge in [0.15, 0.2) is 0 Å². The van der Waals surface area contributed by atoms with Crippen molar-refractivity contribution in [2.45, 2.75) is 18.9 Å². The van der Waals surface area contributed by atoms with Crippen LogP contribution in [0.15, 0.2) is 18.2 Å². The molecule has 2 amide bonds. The van der Waals surface area contributed by atoms with Crippen LogP contribution in [0.25, 0.3) is 0 Å². The summed E-state index contributed by atoms with van der Waals surface area (Å²) in [5.41, 5.74) is -0.0400. The number of rotatable bonds is 2. The van der Waals surface area contributed by atoms with E-state index in [1.54, 1.807) is 0 Å². The van der Waals surface area contributed by atoms with Crippen LogP contribution in [-0.4, -0.2) is 51.4 Å². The number of nitrogens with one attached hydrogen (secondary N) is 1. The summed E-state index contributed by atoms with van der Waals surface area (Å²) in [7, 11) is 0. The molecule has 0 atom stereocenters. The van der Waals surface area contributed by atoms with Crippen LogP contribution in [0.1, 0.15) is 23.2 Å². The molecule has 1 saturated heterocycles. The molecule has 0 saturated carbocycles. The minimum Gasteiger partial charge on any atom is -0.508 e. The first-order valence-corrected chi connectivity index (χ1v) is 6.27. The number of carboxylic acids is 1. The lowest BCUT2D eigenvalue weighted by molar-refractivity contribution is 0.0697. The third-order valence-electron chi connectivity index (χ3n) is 3.23. The maximum Gasteiger partial charge on any atom is 0.337 e. The molecule has 0 bridgehead atoms. The molecule has 108 valence electrons. The van der Waals surface area contributed by atoms with Gasteiger partial charge in [0.05, 0.1) is 17.4 Å². The van der Waals surface area contributed by atoms with Crippen molar-refractivity contribution in [1.82, 2.24) is 4.90 Å². The lowest BCUT2D eigenvalue weighted by Gasteiger charge is -2.29. The van der Waals surface area contributed by atoms with Gasteiger partial charge in [-0.1, -0.05) is 0 Å². The van der Waals surface area contributed by atoms with E-state index in [2.05, 4.69) is 5.32 Å². The van der Waals surface area contributed by atoms with E-state index in [1.165, 1.54) is 17.0 Å². The van der Waals surface area contributed by atoms with Gasteiger partial charge in [-0.15, -0.1) is 0 Å². The number of carboxylic acid groups (broad SMARTS) is 1. The Morgan fingerprint density at radius 2 is 1.90 bits per heavy atom. The van der Waals surface area contributed by atoms with Gasteiger partial charge in [-0.3, -0.25) is 0 Å². The van der Waals surface area contributed by atoms with Crippen LogP contribution in [0.2, 0.25) is 0 Å². The summed E-state index contributed by atoms with van der Waals surface area (Å²) in [6.45, 7) is 0.848. The number of piperidine rings is 1. The highest BCUT2D eigenvalue weighted by Gasteiger charge is 2.22. The van der Waals surface area contributed by atoms with Crippen LogP contribution in [0.5, 0.6) is 5.75 Å². The number of likely N-dealkylation sites (tertiary alicyclic amines) is 1. The Balaban J connectivity index is 2.10. The Morgan fingerprint density at radius 3 is 2.50 bits per heavy atom. The van der Waals surface area contributed by atoms with E-state index in [9.17, 15) is 19.8 Å². The van der Waals surface area contributed by atoms with E-state index in [0.717, 1.165) is 6.07 Å². The minimum absolute atomic E-state index is 0.131. The van der Waals surface area contributed by atoms with E-state index in [1.807, 2.05) is 0 Å². The lowest BCUT2D eigenvalue weighted by atomic mass is 10.1. The van der Waals surface area contributed by atoms with Crippen molar-refractivity contribution in [2.75, 3.05) is 18.4 Å². The molecule has 1 aliphatic rings. The van der Waals surface area contributed by atoms with Gasteiger partial charge in [0.1, 0.15) is 5.75 Å². The number of aromatic hydroxyl groups is 1. The summed E-state index contributed by atoms with van der Waals surface area (Å²) in [5.74, 6) is -1.41. The van der Waals surface area contributed by atoms with Crippen molar-refractivity contribution in [2.24, 2.45) is 0 Å². The molecule has 7 nitrogen and oxygen atoms in total. The second-order valence-electron chi connectivity index (χ2n) is 4.68. The number of hydrogen-bond donors (Lipinski definition) is 4. The predicted octanol–water partition coefficient (Wildman–Crippen LogP) is 1.08. The summed E-state index contributed by atoms with van der Waals surface area (Å²) in [4.78, 5) is 24.6. The van der Waals surface area contributed by atoms with Crippen molar-refractivity contribution in [1.29, 1.82) is 0 Å². The third kappa shape index (κ3) is 3.18. The number of nitrogens with zero attached hydrogens (tertiary/aromatic N) is 1. The number of phenolic OH excluding ortho intramolecular Hbond substituents is 1. The number of aliphatic hydroxyl groups excluding tert-OH is 1. The molecule has 1 aromatic rings. The molecule has 0 unspecified atom stereocenters. The standard InChI is InChI=1S/C13H16N2O5/c16-8-3-5-15(6-4-8)13(20)14-11-2-1-9(17)7-10(11)12(18)19/h1-2,7-8,16-17H,3-6H2,(H,14,20)(H,18,19). The van der Waals surface area contributed by atoms with Gasteiger partial charge in [-0.2, -0.15) is 0 Å². The molecule has 4 N–H and O–H groups in total. The number of phenols is 1. The molecular formula is C13H16N2O5. The lowest BCUT2D eigenvalue weighted by Crippen LogP contribution is -2.42. The number of aromatic carboxylic acids is 1. The minimum atomic E-state index is -1.23. The van der Waals surface area contributed by atoms with Crippen LogP contribution in [-0.2, 0) is 0 Å². The summed E-state index contributed by atoms with van der Waals surface area (Å²) < 4.78 is 0. The summed E-state index contributed by atoms with van der Waals surface area (Å²) in [6.07, 6.45) is 0.631. The normalized spacial score (nSPS) is 15.9. The number of aliphatic hydroxyl groups is 1. The molecule has 0 spiro atoms. The van der Waals surface area contributed by atoms with Gasteiger partial charge in [0.25, 0.3) is 0 Å². The number of hydrogen-bond acceptors (Lipinski definition) is 4. The maximum atomic E-state index is 12.0. The first kappa shape index (κ1) is 14.1. The number of carbonyl (C=O) groups is 2. The molecule has 2 rings (SSSR count). The molecule has 7 heteroatoms. The zero-order valence-corrected chi connectivity index (χ0v) is 10.7. The van der Waals surface area contributed by atoms with Gasteiger partial charge in [0, 0.05) is 13.1 Å². The Hall–Kier alpha value is -2.28. The number of anilines is 1. The number of amides is 2. The number of urea groups is 1. The van der Waals surface area contributed by atoms with Crippen LogP contribution >= 0.6 is 0 Å². The van der Waals surface area contributed by atoms with Crippen molar-refractivity contribution in [3.63, 3.8) is 0 Å². The van der Waals surface area contributed by atoms with Gasteiger partial charge in [0.2, 0.25) is 0 Å². The van der Waals surface area contributed by atoms with Crippen molar-refractivity contribution < 1.29 is 24.9 Å². The second kappa shape index (κ2) is 5.79. The molecule has 1 aromatic carbocycles. The fourth-order valence-electron chi connectivity index (χ4n) is 2.08. The third-order valence-corrected chi connectivity index (χ3v) is 3.23. The van der Waals surface area contributed by atoms with Crippen molar-refractivity contribution >= 4 is 17.7 Å². The number of carbonyl (C=O) groups excluding carboxylic acids is 1. The molecular weight excluding hydrogens is 264 g/mol. The SMILES string of the molecule is O=C(O)c1cc(O)ccc1NC(=O)N1CCC(O)CC1. The molecule has 1 fully saturated rings. The fourth-order valence-corrected chi connectivity index (χ4v) is 2.08. The molecule has 20 heavy (non-hydrogen) atoms. The Morgan fingerprint density at radius 1 is 1.25 bits per heavy atom. The Kier molecular flexibility index (Phi) is 4.09. The smallest absolute Gasteiger partial charge is 0.337 e. The first-order chi connectivity index (χ1) is 9.47. The highest BCUT2D eigenvalue weighted by atomic mass is 16.4. The second-order valence-corrected chi connectivity index (χ2v) is 4.68. The van der Waals surface area contributed by atoms with E-state index in [4.69, 9.17) is 5.11 Å². The molecule has 1 aliphatic heterocycles. The Labute approximate surface area is 115 Å². The average molecular weight is 280 g/mol. The van der Waals surface area contributed by atoms with Gasteiger partial charge >= 0.3 is 12.0 Å². The van der Waals surface area contributed by atoms with Crippen LogP contribution in [0, 0.1) is 0 Å². The van der Waals surface area contributed by atoms with E-state index in [0.29, 0.717) is 25.9 Å². The van der Waals surface area contributed by atoms with E-state index in [-0.39, 0.29) is 23.1 Å². The van der Waals surface area contributed by atoms with Crippen molar-refractivity contribution in [3.8, 4) is 5.75 Å². The number of benzene rings is 1. The van der Waals surface area contributed by atoms with Gasteiger partial charge < -0.3 is 25.5 Å². The zero-order valence-electron chi connectivity index (χ0n) is 10.7. The van der Waals surface area contributed by atoms with Gasteiger partial charge in [-0.25, -0.2) is 9.59 Å². The first-order valence-electron chi connectivity index (χ1n) is 6.27. The fraction of sp³-hybridized carbons (Fsp3) is 0.385. The average Bonchev–Trinajstić information content (AvgIpc) is 2.41. The van der Waals surface area contributed by atoms with Crippen molar-refractivity contribution in [3.05, 3.63) is 23.8 Å². The van der Waals surface area contributed by atoms with Crippen LogP contribution < -0.4 is 5.32 Å². The van der Waals surface area contributed by atoms with E-state index >= 15 is 0 Å². The maximum absolute atomic E-state index is 12.0. The predicted molar refractivity (Wildman–Crippen MR) is 70.9 cm³/mol. The zero-order chi connectivity index (χ0) is 14.7. The highest BCUT2D eigenvalue weighted by Crippen LogP contribution is 2.22. The summed E-state index contributed by atoms with van der Waals surface area (Å²) in [5, 5.41) is 30.2.